The number of rotatable bonds is 7. The second kappa shape index (κ2) is 9.15. The number of H-pyrrole nitrogens is 1. The Hall–Kier alpha value is -3.14. The third-order valence-corrected chi connectivity index (χ3v) is 5.24. The number of alkyl carbamates (subject to hydrolysis) is 1. The third-order valence-electron chi connectivity index (χ3n) is 4.66. The number of nitrogens with zero attached hydrogens (tertiary/aromatic N) is 3. The van der Waals surface area contributed by atoms with Crippen LogP contribution in [0.2, 0.25) is 0 Å². The molecule has 10 heteroatoms. The number of ether oxygens (including phenoxy) is 1. The van der Waals surface area contributed by atoms with Gasteiger partial charge in [-0.15, -0.1) is 0 Å². The maximum absolute atomic E-state index is 11.8. The van der Waals surface area contributed by atoms with Crippen molar-refractivity contribution in [3.63, 3.8) is 0 Å². The molecule has 0 bridgehead atoms. The molecule has 0 atom stereocenters. The maximum atomic E-state index is 11.8. The minimum absolute atomic E-state index is 0.192. The summed E-state index contributed by atoms with van der Waals surface area (Å²) in [5.41, 5.74) is 2.51. The Balaban J connectivity index is 1.35. The Morgan fingerprint density at radius 1 is 1.22 bits per heavy atom. The third kappa shape index (κ3) is 6.19. The molecule has 32 heavy (non-hydrogen) atoms. The van der Waals surface area contributed by atoms with Crippen LogP contribution >= 0.6 is 15.9 Å². The lowest BCUT2D eigenvalue weighted by molar-refractivity contribution is 0.131. The van der Waals surface area contributed by atoms with E-state index in [-0.39, 0.29) is 12.1 Å². The zero-order valence-electron chi connectivity index (χ0n) is 18.2. The van der Waals surface area contributed by atoms with Gasteiger partial charge in [-0.3, -0.25) is 5.10 Å². The molecule has 0 radical (unpaired) electrons. The van der Waals surface area contributed by atoms with E-state index < -0.39 is 6.09 Å². The van der Waals surface area contributed by atoms with Crippen molar-refractivity contribution in [1.29, 1.82) is 0 Å². The van der Waals surface area contributed by atoms with Gasteiger partial charge in [-0.1, -0.05) is 12.1 Å². The summed E-state index contributed by atoms with van der Waals surface area (Å²) in [6.07, 6.45) is 3.66. The predicted octanol–water partition coefficient (Wildman–Crippen LogP) is 5.35. The number of hydrogen-bond acceptors (Lipinski definition) is 7. The summed E-state index contributed by atoms with van der Waals surface area (Å²) >= 11 is 3.48. The molecule has 3 aromatic rings. The second-order valence-electron chi connectivity index (χ2n) is 8.77. The zero-order chi connectivity index (χ0) is 22.7. The molecule has 4 N–H and O–H groups in total. The smallest absolute Gasteiger partial charge is 0.407 e. The molecule has 168 valence electrons. The highest BCUT2D eigenvalue weighted by Gasteiger charge is 2.25. The number of aromatic amines is 1. The number of anilines is 4. The Labute approximate surface area is 194 Å². The summed E-state index contributed by atoms with van der Waals surface area (Å²) in [6.45, 7) is 5.90. The lowest BCUT2D eigenvalue weighted by Crippen LogP contribution is -2.40. The van der Waals surface area contributed by atoms with Gasteiger partial charge >= 0.3 is 6.09 Å². The molecule has 1 amide bonds. The molecule has 0 spiro atoms. The molecule has 1 saturated carbocycles. The molecule has 2 aromatic heterocycles. The van der Waals surface area contributed by atoms with Crippen LogP contribution in [0.3, 0.4) is 0 Å². The first-order chi connectivity index (χ1) is 15.2. The zero-order valence-corrected chi connectivity index (χ0v) is 19.8. The van der Waals surface area contributed by atoms with Crippen LogP contribution in [0.25, 0.3) is 0 Å². The van der Waals surface area contributed by atoms with Gasteiger partial charge in [0.05, 0.1) is 4.47 Å². The first-order valence-electron chi connectivity index (χ1n) is 10.4. The Morgan fingerprint density at radius 3 is 2.66 bits per heavy atom. The van der Waals surface area contributed by atoms with Crippen molar-refractivity contribution in [2.75, 3.05) is 10.6 Å². The molecule has 4 rings (SSSR count). The van der Waals surface area contributed by atoms with E-state index in [0.717, 1.165) is 27.2 Å². The second-order valence-corrected chi connectivity index (χ2v) is 9.63. The van der Waals surface area contributed by atoms with Gasteiger partial charge in [0.2, 0.25) is 5.95 Å². The Kier molecular flexibility index (Phi) is 6.31. The number of amides is 1. The van der Waals surface area contributed by atoms with Crippen molar-refractivity contribution in [1.82, 2.24) is 25.5 Å². The van der Waals surface area contributed by atoms with Crippen LogP contribution in [0.15, 0.2) is 41.0 Å². The van der Waals surface area contributed by atoms with E-state index in [4.69, 9.17) is 4.74 Å². The molecule has 1 aliphatic carbocycles. The van der Waals surface area contributed by atoms with Gasteiger partial charge in [0, 0.05) is 35.1 Å². The minimum Gasteiger partial charge on any atom is -0.445 e. The average Bonchev–Trinajstić information content (AvgIpc) is 3.48. The highest BCUT2D eigenvalue weighted by molar-refractivity contribution is 9.10. The van der Waals surface area contributed by atoms with Gasteiger partial charge in [-0.05, 0) is 67.2 Å². The van der Waals surface area contributed by atoms with Gasteiger partial charge in [0.25, 0.3) is 0 Å². The lowest BCUT2D eigenvalue weighted by atomic mass is 10.1. The highest BCUT2D eigenvalue weighted by Crippen LogP contribution is 2.39. The van der Waals surface area contributed by atoms with E-state index in [9.17, 15) is 4.79 Å². The fourth-order valence-corrected chi connectivity index (χ4v) is 3.24. The number of carbonyl (C=O) groups excluding carboxylic acids is 1. The summed E-state index contributed by atoms with van der Waals surface area (Å²) in [5.74, 6) is 2.39. The molecule has 1 aliphatic rings. The summed E-state index contributed by atoms with van der Waals surface area (Å²) in [7, 11) is 0. The lowest BCUT2D eigenvalue weighted by Gasteiger charge is -2.19. The Bertz CT molecular complexity index is 1090. The van der Waals surface area contributed by atoms with Crippen molar-refractivity contribution < 1.29 is 9.53 Å². The minimum atomic E-state index is -0.441. The van der Waals surface area contributed by atoms with Crippen LogP contribution in [0.5, 0.6) is 0 Å². The number of benzene rings is 1. The van der Waals surface area contributed by atoms with Crippen molar-refractivity contribution in [3.05, 3.63) is 52.3 Å². The summed E-state index contributed by atoms with van der Waals surface area (Å²) in [6, 6.07) is 9.55. The molecule has 0 aliphatic heterocycles. The standard InChI is InChI=1S/C22H26BrN7O2/c1-22(2,3)28-21(31)32-12-13-4-8-15(9-5-13)25-20-24-11-16(23)19(27-20)26-18-10-17(29-30-18)14-6-7-14/h4-5,8-11,14H,6-7,12H2,1-3H3,(H,28,31)(H3,24,25,26,27,29,30). The van der Waals surface area contributed by atoms with Gasteiger partial charge in [0.15, 0.2) is 11.6 Å². The number of carbonyl (C=O) groups is 1. The molecule has 9 nitrogen and oxygen atoms in total. The molecular weight excluding hydrogens is 474 g/mol. The van der Waals surface area contributed by atoms with Crippen molar-refractivity contribution in [2.24, 2.45) is 0 Å². The van der Waals surface area contributed by atoms with E-state index >= 15 is 0 Å². The number of nitrogens with one attached hydrogen (secondary N) is 4. The predicted molar refractivity (Wildman–Crippen MR) is 126 cm³/mol. The van der Waals surface area contributed by atoms with Crippen molar-refractivity contribution in [3.8, 4) is 0 Å². The van der Waals surface area contributed by atoms with E-state index in [1.807, 2.05) is 51.1 Å². The van der Waals surface area contributed by atoms with Crippen LogP contribution < -0.4 is 16.0 Å². The SMILES string of the molecule is CC(C)(C)NC(=O)OCc1ccc(Nc2ncc(Br)c(Nc3cc(C4CC4)[nH]n3)n2)cc1. The summed E-state index contributed by atoms with van der Waals surface area (Å²) < 4.78 is 5.99. The first kappa shape index (κ1) is 22.1. The van der Waals surface area contributed by atoms with Gasteiger partial charge in [-0.2, -0.15) is 10.1 Å². The number of hydrogen-bond donors (Lipinski definition) is 4. The van der Waals surface area contributed by atoms with E-state index in [0.29, 0.717) is 17.7 Å². The average molecular weight is 500 g/mol. The fraction of sp³-hybridized carbons (Fsp3) is 0.364. The molecular formula is C22H26BrN7O2. The van der Waals surface area contributed by atoms with E-state index in [2.05, 4.69) is 52.0 Å². The quantitative estimate of drug-likeness (QED) is 0.346. The van der Waals surface area contributed by atoms with Crippen LogP contribution in [-0.4, -0.2) is 31.8 Å². The largest absolute Gasteiger partial charge is 0.445 e. The Morgan fingerprint density at radius 2 is 1.97 bits per heavy atom. The first-order valence-corrected chi connectivity index (χ1v) is 11.2. The summed E-state index contributed by atoms with van der Waals surface area (Å²) in [5, 5.41) is 16.5. The van der Waals surface area contributed by atoms with E-state index in [1.54, 1.807) is 6.20 Å². The molecule has 2 heterocycles. The molecule has 0 saturated heterocycles. The monoisotopic (exact) mass is 499 g/mol. The van der Waals surface area contributed by atoms with Crippen molar-refractivity contribution >= 4 is 45.3 Å². The van der Waals surface area contributed by atoms with Gasteiger partial charge in [0.1, 0.15) is 6.61 Å². The van der Waals surface area contributed by atoms with Gasteiger partial charge < -0.3 is 20.7 Å². The van der Waals surface area contributed by atoms with E-state index in [1.165, 1.54) is 12.8 Å². The topological polar surface area (TPSA) is 117 Å². The van der Waals surface area contributed by atoms with Crippen molar-refractivity contribution in [2.45, 2.75) is 51.7 Å². The number of halogens is 1. The maximum Gasteiger partial charge on any atom is 0.407 e. The fourth-order valence-electron chi connectivity index (χ4n) is 2.95. The van der Waals surface area contributed by atoms with Gasteiger partial charge in [-0.25, -0.2) is 9.78 Å². The van der Waals surface area contributed by atoms with Crippen LogP contribution in [0.4, 0.5) is 28.1 Å². The normalized spacial score (nSPS) is 13.5. The van der Waals surface area contributed by atoms with Crippen LogP contribution in [0.1, 0.15) is 50.8 Å². The molecule has 1 fully saturated rings. The van der Waals surface area contributed by atoms with Crippen LogP contribution in [-0.2, 0) is 11.3 Å². The molecule has 1 aromatic carbocycles. The summed E-state index contributed by atoms with van der Waals surface area (Å²) in [4.78, 5) is 20.6. The highest BCUT2D eigenvalue weighted by atomic mass is 79.9. The number of aromatic nitrogens is 4. The van der Waals surface area contributed by atoms with Crippen LogP contribution in [0, 0.1) is 0 Å². The molecule has 0 unspecified atom stereocenters.